The lowest BCUT2D eigenvalue weighted by Crippen LogP contribution is -2.11. The molecule has 0 bridgehead atoms. The first-order valence-corrected chi connectivity index (χ1v) is 7.39. The molecule has 21 heavy (non-hydrogen) atoms. The Kier molecular flexibility index (Phi) is 5.09. The Hall–Kier alpha value is -2.17. The summed E-state index contributed by atoms with van der Waals surface area (Å²) in [4.78, 5) is 16.1. The molecule has 0 spiro atoms. The van der Waals surface area contributed by atoms with Gasteiger partial charge in [0.25, 0.3) is 0 Å². The number of carbonyl (C=O) groups is 1. The van der Waals surface area contributed by atoms with Gasteiger partial charge in [0, 0.05) is 12.1 Å². The normalized spacial score (nSPS) is 10.6. The van der Waals surface area contributed by atoms with Crippen molar-refractivity contribution >= 4 is 11.6 Å². The molecule has 5 heteroatoms. The number of amides is 1. The van der Waals surface area contributed by atoms with Crippen LogP contribution in [-0.2, 0) is 4.79 Å². The van der Waals surface area contributed by atoms with Gasteiger partial charge in [0.15, 0.2) is 5.82 Å². The van der Waals surface area contributed by atoms with E-state index in [2.05, 4.69) is 22.3 Å². The Labute approximate surface area is 125 Å². The summed E-state index contributed by atoms with van der Waals surface area (Å²) in [6.07, 6.45) is 5.37. The maximum absolute atomic E-state index is 11.7. The average Bonchev–Trinajstić information content (AvgIpc) is 2.79. The van der Waals surface area contributed by atoms with E-state index < -0.39 is 0 Å². The van der Waals surface area contributed by atoms with E-state index in [0.717, 1.165) is 42.2 Å². The van der Waals surface area contributed by atoms with Crippen LogP contribution >= 0.6 is 0 Å². The first-order valence-electron chi connectivity index (χ1n) is 7.39. The molecule has 0 saturated heterocycles. The van der Waals surface area contributed by atoms with Crippen molar-refractivity contribution in [2.75, 3.05) is 5.32 Å². The molecule has 112 valence electrons. The molecule has 0 unspecified atom stereocenters. The summed E-state index contributed by atoms with van der Waals surface area (Å²) in [5, 5.41) is 7.26. The summed E-state index contributed by atoms with van der Waals surface area (Å²) in [7, 11) is 0. The molecule has 2 heterocycles. The first-order chi connectivity index (χ1) is 10.1. The lowest BCUT2D eigenvalue weighted by atomic mass is 10.2. The van der Waals surface area contributed by atoms with E-state index in [4.69, 9.17) is 0 Å². The molecule has 2 rings (SSSR count). The Balaban J connectivity index is 1.99. The van der Waals surface area contributed by atoms with Crippen molar-refractivity contribution in [3.8, 4) is 5.82 Å². The van der Waals surface area contributed by atoms with E-state index in [0.29, 0.717) is 6.42 Å². The fourth-order valence-corrected chi connectivity index (χ4v) is 2.21. The maximum atomic E-state index is 11.7. The third-order valence-electron chi connectivity index (χ3n) is 3.27. The van der Waals surface area contributed by atoms with Gasteiger partial charge in [0.1, 0.15) is 0 Å². The molecule has 0 saturated carbocycles. The Morgan fingerprint density at radius 2 is 2.10 bits per heavy atom. The number of unbranched alkanes of at least 4 members (excludes halogenated alkanes) is 2. The van der Waals surface area contributed by atoms with Crippen LogP contribution < -0.4 is 5.32 Å². The molecule has 0 aliphatic carbocycles. The number of rotatable bonds is 6. The smallest absolute Gasteiger partial charge is 0.224 e. The fraction of sp³-hybridized carbons (Fsp3) is 0.438. The standard InChI is InChI=1S/C16H22N4O/c1-4-5-6-7-16(21)18-14-8-9-15(17-11-14)20-13(3)10-12(2)19-20/h8-11H,4-7H2,1-3H3,(H,18,21). The number of anilines is 1. The minimum atomic E-state index is 0.0455. The zero-order valence-electron chi connectivity index (χ0n) is 12.9. The zero-order valence-corrected chi connectivity index (χ0v) is 12.9. The largest absolute Gasteiger partial charge is 0.325 e. The summed E-state index contributed by atoms with van der Waals surface area (Å²) in [5.41, 5.74) is 2.72. The van der Waals surface area contributed by atoms with Gasteiger partial charge < -0.3 is 5.32 Å². The molecule has 2 aromatic rings. The number of hydrogen-bond donors (Lipinski definition) is 1. The molecule has 1 N–H and O–H groups in total. The van der Waals surface area contributed by atoms with Crippen LogP contribution in [0.1, 0.15) is 44.0 Å². The first kappa shape index (κ1) is 15.2. The monoisotopic (exact) mass is 286 g/mol. The lowest BCUT2D eigenvalue weighted by Gasteiger charge is -2.07. The average molecular weight is 286 g/mol. The molecule has 1 amide bonds. The minimum Gasteiger partial charge on any atom is -0.325 e. The van der Waals surface area contributed by atoms with E-state index in [1.165, 1.54) is 0 Å². The molecule has 0 aliphatic rings. The topological polar surface area (TPSA) is 59.8 Å². The second-order valence-electron chi connectivity index (χ2n) is 5.25. The number of nitrogens with one attached hydrogen (secondary N) is 1. The number of nitrogens with zero attached hydrogens (tertiary/aromatic N) is 3. The molecular weight excluding hydrogens is 264 g/mol. The second kappa shape index (κ2) is 7.02. The van der Waals surface area contributed by atoms with Gasteiger partial charge >= 0.3 is 0 Å². The van der Waals surface area contributed by atoms with Crippen LogP contribution in [0.25, 0.3) is 5.82 Å². The van der Waals surface area contributed by atoms with E-state index in [1.807, 2.05) is 32.0 Å². The number of carbonyl (C=O) groups excluding carboxylic acids is 1. The number of aromatic nitrogens is 3. The molecule has 2 aromatic heterocycles. The van der Waals surface area contributed by atoms with Crippen LogP contribution in [0.15, 0.2) is 24.4 Å². The highest BCUT2D eigenvalue weighted by atomic mass is 16.1. The van der Waals surface area contributed by atoms with Gasteiger partial charge in [-0.1, -0.05) is 19.8 Å². The highest BCUT2D eigenvalue weighted by Crippen LogP contribution is 2.13. The van der Waals surface area contributed by atoms with Crippen LogP contribution in [0, 0.1) is 13.8 Å². The summed E-state index contributed by atoms with van der Waals surface area (Å²) in [6, 6.07) is 5.72. The van der Waals surface area contributed by atoms with E-state index in [1.54, 1.807) is 10.9 Å². The second-order valence-corrected chi connectivity index (χ2v) is 5.25. The molecule has 0 atom stereocenters. The molecule has 0 aliphatic heterocycles. The maximum Gasteiger partial charge on any atom is 0.224 e. The van der Waals surface area contributed by atoms with Crippen molar-refractivity contribution in [3.63, 3.8) is 0 Å². The summed E-state index contributed by atoms with van der Waals surface area (Å²) < 4.78 is 1.79. The Morgan fingerprint density at radius 3 is 2.67 bits per heavy atom. The van der Waals surface area contributed by atoms with Crippen molar-refractivity contribution < 1.29 is 4.79 Å². The fourth-order valence-electron chi connectivity index (χ4n) is 2.21. The van der Waals surface area contributed by atoms with Crippen LogP contribution in [0.5, 0.6) is 0 Å². The van der Waals surface area contributed by atoms with Gasteiger partial charge in [0.2, 0.25) is 5.91 Å². The van der Waals surface area contributed by atoms with Gasteiger partial charge in [-0.2, -0.15) is 5.10 Å². The lowest BCUT2D eigenvalue weighted by molar-refractivity contribution is -0.116. The SMILES string of the molecule is CCCCCC(=O)Nc1ccc(-n2nc(C)cc2C)nc1. The number of aryl methyl sites for hydroxylation is 2. The van der Waals surface area contributed by atoms with Crippen LogP contribution in [0.4, 0.5) is 5.69 Å². The van der Waals surface area contributed by atoms with Crippen LogP contribution in [0.3, 0.4) is 0 Å². The number of hydrogen-bond acceptors (Lipinski definition) is 3. The van der Waals surface area contributed by atoms with E-state index in [-0.39, 0.29) is 5.91 Å². The molecule has 0 fully saturated rings. The molecule has 5 nitrogen and oxygen atoms in total. The Bertz CT molecular complexity index is 601. The predicted molar refractivity (Wildman–Crippen MR) is 83.6 cm³/mol. The van der Waals surface area contributed by atoms with E-state index in [9.17, 15) is 4.79 Å². The zero-order chi connectivity index (χ0) is 15.2. The van der Waals surface area contributed by atoms with Crippen molar-refractivity contribution in [1.82, 2.24) is 14.8 Å². The summed E-state index contributed by atoms with van der Waals surface area (Å²) >= 11 is 0. The molecular formula is C16H22N4O. The number of pyridine rings is 1. The molecule has 0 aromatic carbocycles. The quantitative estimate of drug-likeness (QED) is 0.828. The van der Waals surface area contributed by atoms with Crippen LogP contribution in [-0.4, -0.2) is 20.7 Å². The predicted octanol–water partition coefficient (Wildman–Crippen LogP) is 3.40. The van der Waals surface area contributed by atoms with Crippen molar-refractivity contribution in [3.05, 3.63) is 35.8 Å². The Morgan fingerprint density at radius 1 is 1.29 bits per heavy atom. The third-order valence-corrected chi connectivity index (χ3v) is 3.27. The van der Waals surface area contributed by atoms with Gasteiger partial charge in [-0.15, -0.1) is 0 Å². The highest BCUT2D eigenvalue weighted by molar-refractivity contribution is 5.90. The van der Waals surface area contributed by atoms with E-state index >= 15 is 0 Å². The summed E-state index contributed by atoms with van der Waals surface area (Å²) in [5.74, 6) is 0.800. The van der Waals surface area contributed by atoms with Gasteiger partial charge in [-0.3, -0.25) is 4.79 Å². The summed E-state index contributed by atoms with van der Waals surface area (Å²) in [6.45, 7) is 6.07. The van der Waals surface area contributed by atoms with Crippen LogP contribution in [0.2, 0.25) is 0 Å². The van der Waals surface area contributed by atoms with Gasteiger partial charge in [-0.25, -0.2) is 9.67 Å². The third kappa shape index (κ3) is 4.15. The highest BCUT2D eigenvalue weighted by Gasteiger charge is 2.06. The van der Waals surface area contributed by atoms with Gasteiger partial charge in [-0.05, 0) is 38.5 Å². The molecule has 0 radical (unpaired) electrons. The van der Waals surface area contributed by atoms with Crippen molar-refractivity contribution in [2.45, 2.75) is 46.5 Å². The van der Waals surface area contributed by atoms with Gasteiger partial charge in [0.05, 0.1) is 17.6 Å². The minimum absolute atomic E-state index is 0.0455. The van der Waals surface area contributed by atoms with Crippen molar-refractivity contribution in [1.29, 1.82) is 0 Å². The van der Waals surface area contributed by atoms with Crippen molar-refractivity contribution in [2.24, 2.45) is 0 Å².